The fraction of sp³-hybridized carbons (Fsp3) is 0.375. The van der Waals surface area contributed by atoms with Crippen LogP contribution in [0.4, 0.5) is 5.69 Å². The lowest BCUT2D eigenvalue weighted by atomic mass is 10.1. The largest absolute Gasteiger partial charge is 0.399 e. The Hall–Kier alpha value is -1.32. The van der Waals surface area contributed by atoms with Gasteiger partial charge in [0.05, 0.1) is 0 Å². The first-order chi connectivity index (χ1) is 9.11. The Morgan fingerprint density at radius 2 is 2.00 bits per heavy atom. The molecule has 2 aromatic rings. The lowest BCUT2D eigenvalue weighted by molar-refractivity contribution is 0.212. The number of nitrogens with zero attached hydrogens (tertiary/aromatic N) is 1. The van der Waals surface area contributed by atoms with Gasteiger partial charge in [0.25, 0.3) is 0 Å². The Kier molecular flexibility index (Phi) is 3.33. The van der Waals surface area contributed by atoms with Gasteiger partial charge in [0.15, 0.2) is 0 Å². The molecule has 0 saturated carbocycles. The molecule has 0 spiro atoms. The van der Waals surface area contributed by atoms with Gasteiger partial charge in [-0.15, -0.1) is 11.3 Å². The molecule has 100 valence electrons. The SMILES string of the molecule is Cc1ccc(CC(C)N2Cc3ccc(N)cc3C2)s1. The molecular formula is C16H20N2S. The minimum absolute atomic E-state index is 0.576. The molecule has 0 bridgehead atoms. The molecule has 0 radical (unpaired) electrons. The van der Waals surface area contributed by atoms with E-state index in [0.717, 1.165) is 25.2 Å². The number of fused-ring (bicyclic) bond motifs is 1. The van der Waals surface area contributed by atoms with Gasteiger partial charge in [0.1, 0.15) is 0 Å². The number of nitrogens with two attached hydrogens (primary N) is 1. The Bertz CT molecular complexity index is 588. The van der Waals surface area contributed by atoms with Crippen LogP contribution < -0.4 is 5.73 Å². The summed E-state index contributed by atoms with van der Waals surface area (Å²) in [5, 5.41) is 0. The number of aryl methyl sites for hydroxylation is 1. The van der Waals surface area contributed by atoms with Crippen LogP contribution >= 0.6 is 11.3 Å². The summed E-state index contributed by atoms with van der Waals surface area (Å²) < 4.78 is 0. The average molecular weight is 272 g/mol. The van der Waals surface area contributed by atoms with Crippen molar-refractivity contribution in [3.05, 3.63) is 51.2 Å². The zero-order valence-corrected chi connectivity index (χ0v) is 12.3. The molecule has 2 nitrogen and oxygen atoms in total. The van der Waals surface area contributed by atoms with Crippen LogP contribution in [0.3, 0.4) is 0 Å². The summed E-state index contributed by atoms with van der Waals surface area (Å²) in [6, 6.07) is 11.4. The lowest BCUT2D eigenvalue weighted by Crippen LogP contribution is -2.29. The molecule has 1 aliphatic rings. The summed E-state index contributed by atoms with van der Waals surface area (Å²) in [5.41, 5.74) is 9.57. The van der Waals surface area contributed by atoms with Crippen molar-refractivity contribution in [3.8, 4) is 0 Å². The van der Waals surface area contributed by atoms with Crippen LogP contribution in [0.25, 0.3) is 0 Å². The topological polar surface area (TPSA) is 29.3 Å². The smallest absolute Gasteiger partial charge is 0.0317 e. The number of benzene rings is 1. The van der Waals surface area contributed by atoms with Gasteiger partial charge in [-0.05, 0) is 55.7 Å². The number of anilines is 1. The van der Waals surface area contributed by atoms with E-state index in [1.807, 2.05) is 17.4 Å². The first-order valence-electron chi connectivity index (χ1n) is 6.78. The second kappa shape index (κ2) is 4.99. The fourth-order valence-corrected chi connectivity index (χ4v) is 3.78. The van der Waals surface area contributed by atoms with Crippen LogP contribution in [-0.4, -0.2) is 10.9 Å². The van der Waals surface area contributed by atoms with Gasteiger partial charge in [-0.1, -0.05) is 6.07 Å². The molecule has 0 amide bonds. The third-order valence-corrected chi connectivity index (χ3v) is 4.92. The maximum Gasteiger partial charge on any atom is 0.0317 e. The monoisotopic (exact) mass is 272 g/mol. The predicted molar refractivity (Wildman–Crippen MR) is 82.3 cm³/mol. The van der Waals surface area contributed by atoms with Crippen LogP contribution in [-0.2, 0) is 19.5 Å². The maximum absolute atomic E-state index is 5.86. The summed E-state index contributed by atoms with van der Waals surface area (Å²) in [4.78, 5) is 5.43. The Balaban J connectivity index is 1.68. The molecule has 1 unspecified atom stereocenters. The van der Waals surface area contributed by atoms with E-state index in [9.17, 15) is 0 Å². The van der Waals surface area contributed by atoms with Crippen LogP contribution in [0.1, 0.15) is 27.8 Å². The predicted octanol–water partition coefficient (Wildman–Crippen LogP) is 3.59. The van der Waals surface area contributed by atoms with E-state index < -0.39 is 0 Å². The third-order valence-electron chi connectivity index (χ3n) is 3.89. The highest BCUT2D eigenvalue weighted by atomic mass is 32.1. The van der Waals surface area contributed by atoms with Crippen molar-refractivity contribution in [1.82, 2.24) is 4.90 Å². The second-order valence-electron chi connectivity index (χ2n) is 5.50. The van der Waals surface area contributed by atoms with E-state index in [-0.39, 0.29) is 0 Å². The molecule has 1 atom stereocenters. The summed E-state index contributed by atoms with van der Waals surface area (Å²) in [5.74, 6) is 0. The van der Waals surface area contributed by atoms with Crippen molar-refractivity contribution < 1.29 is 0 Å². The first kappa shape index (κ1) is 12.7. The molecule has 1 aromatic heterocycles. The molecule has 0 saturated heterocycles. The molecule has 3 rings (SSSR count). The van der Waals surface area contributed by atoms with Gasteiger partial charge in [-0.2, -0.15) is 0 Å². The molecule has 1 aromatic carbocycles. The van der Waals surface area contributed by atoms with Crippen molar-refractivity contribution in [2.75, 3.05) is 5.73 Å². The van der Waals surface area contributed by atoms with Gasteiger partial charge in [-0.25, -0.2) is 0 Å². The zero-order chi connectivity index (χ0) is 13.4. The Labute approximate surface area is 118 Å². The third kappa shape index (κ3) is 2.67. The molecule has 1 aliphatic heterocycles. The minimum atomic E-state index is 0.576. The van der Waals surface area contributed by atoms with Crippen molar-refractivity contribution in [2.45, 2.75) is 39.4 Å². The molecule has 2 N–H and O–H groups in total. The van der Waals surface area contributed by atoms with E-state index in [4.69, 9.17) is 5.73 Å². The highest BCUT2D eigenvalue weighted by Gasteiger charge is 2.23. The summed E-state index contributed by atoms with van der Waals surface area (Å²) in [6.45, 7) is 6.59. The van der Waals surface area contributed by atoms with E-state index in [0.29, 0.717) is 6.04 Å². The van der Waals surface area contributed by atoms with Crippen molar-refractivity contribution >= 4 is 17.0 Å². The number of hydrogen-bond donors (Lipinski definition) is 1. The highest BCUT2D eigenvalue weighted by Crippen LogP contribution is 2.28. The minimum Gasteiger partial charge on any atom is -0.399 e. The number of hydrogen-bond acceptors (Lipinski definition) is 3. The summed E-state index contributed by atoms with van der Waals surface area (Å²) in [7, 11) is 0. The van der Waals surface area contributed by atoms with E-state index in [1.54, 1.807) is 0 Å². The van der Waals surface area contributed by atoms with Gasteiger partial charge < -0.3 is 5.73 Å². The van der Waals surface area contributed by atoms with Crippen LogP contribution in [0.15, 0.2) is 30.3 Å². The van der Waals surface area contributed by atoms with E-state index in [1.165, 1.54) is 20.9 Å². The zero-order valence-electron chi connectivity index (χ0n) is 11.5. The van der Waals surface area contributed by atoms with Crippen molar-refractivity contribution in [2.24, 2.45) is 0 Å². The molecule has 0 aliphatic carbocycles. The van der Waals surface area contributed by atoms with Crippen LogP contribution in [0.5, 0.6) is 0 Å². The van der Waals surface area contributed by atoms with E-state index >= 15 is 0 Å². The standard InChI is InChI=1S/C16H20N2S/c1-11(7-16-6-3-12(2)19-16)18-9-13-4-5-15(17)8-14(13)10-18/h3-6,8,11H,7,9-10,17H2,1-2H3. The van der Waals surface area contributed by atoms with Crippen molar-refractivity contribution in [1.29, 1.82) is 0 Å². The normalized spacial score (nSPS) is 16.5. The lowest BCUT2D eigenvalue weighted by Gasteiger charge is -2.23. The van der Waals surface area contributed by atoms with Gasteiger partial charge >= 0.3 is 0 Å². The molecule has 2 heterocycles. The highest BCUT2D eigenvalue weighted by molar-refractivity contribution is 7.11. The first-order valence-corrected chi connectivity index (χ1v) is 7.60. The Morgan fingerprint density at radius 3 is 2.74 bits per heavy atom. The molecule has 0 fully saturated rings. The molecular weight excluding hydrogens is 252 g/mol. The van der Waals surface area contributed by atoms with Gasteiger partial charge in [-0.3, -0.25) is 4.90 Å². The van der Waals surface area contributed by atoms with Crippen molar-refractivity contribution in [3.63, 3.8) is 0 Å². The van der Waals surface area contributed by atoms with Crippen LogP contribution in [0.2, 0.25) is 0 Å². The molecule has 3 heteroatoms. The summed E-state index contributed by atoms with van der Waals surface area (Å²) >= 11 is 1.91. The van der Waals surface area contributed by atoms with Gasteiger partial charge in [0, 0.05) is 34.6 Å². The number of nitrogen functional groups attached to an aromatic ring is 1. The average Bonchev–Trinajstić information content (AvgIpc) is 2.95. The van der Waals surface area contributed by atoms with Gasteiger partial charge in [0.2, 0.25) is 0 Å². The molecule has 19 heavy (non-hydrogen) atoms. The fourth-order valence-electron chi connectivity index (χ4n) is 2.77. The van der Waals surface area contributed by atoms with Crippen LogP contribution in [0, 0.1) is 6.92 Å². The second-order valence-corrected chi connectivity index (χ2v) is 6.87. The number of thiophene rings is 1. The summed E-state index contributed by atoms with van der Waals surface area (Å²) in [6.07, 6.45) is 1.14. The maximum atomic E-state index is 5.86. The number of rotatable bonds is 3. The Morgan fingerprint density at radius 1 is 1.21 bits per heavy atom. The quantitative estimate of drug-likeness (QED) is 0.865. The van der Waals surface area contributed by atoms with E-state index in [2.05, 4.69) is 43.0 Å².